The third-order valence-electron chi connectivity index (χ3n) is 6.21. The fourth-order valence-electron chi connectivity index (χ4n) is 4.63. The van der Waals surface area contributed by atoms with Crippen LogP contribution in [0.25, 0.3) is 0 Å². The van der Waals surface area contributed by atoms with Crippen molar-refractivity contribution in [3.63, 3.8) is 0 Å². The minimum absolute atomic E-state index is 0.0213. The molecule has 2 aliphatic rings. The molecule has 0 bridgehead atoms. The van der Waals surface area contributed by atoms with Crippen LogP contribution in [0.2, 0.25) is 0 Å². The molecule has 1 aromatic rings. The van der Waals surface area contributed by atoms with Crippen molar-refractivity contribution in [1.82, 2.24) is 14.5 Å². The smallest absolute Gasteiger partial charge is 0.243 e. The summed E-state index contributed by atoms with van der Waals surface area (Å²) in [6.45, 7) is 5.44. The Bertz CT molecular complexity index is 869. The van der Waals surface area contributed by atoms with Crippen molar-refractivity contribution < 1.29 is 22.3 Å². The van der Waals surface area contributed by atoms with E-state index in [0.29, 0.717) is 19.0 Å². The van der Waals surface area contributed by atoms with Crippen LogP contribution in [0, 0.1) is 17.7 Å². The number of sulfonamides is 1. The average Bonchev–Trinajstić information content (AvgIpc) is 3.09. The molecule has 168 valence electrons. The van der Waals surface area contributed by atoms with E-state index in [1.165, 1.54) is 23.5 Å². The maximum Gasteiger partial charge on any atom is 0.243 e. The number of nitrogens with one attached hydrogen (secondary N) is 1. The highest BCUT2D eigenvalue weighted by Crippen LogP contribution is 2.34. The molecule has 0 saturated carbocycles. The second-order valence-electron chi connectivity index (χ2n) is 8.64. The highest BCUT2D eigenvalue weighted by molar-refractivity contribution is 7.89. The number of halogens is 1. The number of piperidine rings is 1. The zero-order chi connectivity index (χ0) is 22.1. The molecular weight excluding hydrogens is 409 g/mol. The largest absolute Gasteiger partial charge is 0.494 e. The number of nitrogens with zero attached hydrogens (tertiary/aromatic N) is 2. The second kappa shape index (κ2) is 9.20. The van der Waals surface area contributed by atoms with E-state index < -0.39 is 15.8 Å². The van der Waals surface area contributed by atoms with Crippen LogP contribution in [0.15, 0.2) is 23.1 Å². The van der Waals surface area contributed by atoms with Gasteiger partial charge in [0.05, 0.1) is 17.9 Å². The van der Waals surface area contributed by atoms with Crippen molar-refractivity contribution in [3.05, 3.63) is 24.0 Å². The van der Waals surface area contributed by atoms with E-state index in [2.05, 4.69) is 10.2 Å². The molecule has 2 heterocycles. The molecule has 1 N–H and O–H groups in total. The number of amides is 1. The molecule has 2 fully saturated rings. The number of ether oxygens (including phenoxy) is 1. The number of likely N-dealkylation sites (tertiary alicyclic amines) is 1. The van der Waals surface area contributed by atoms with Crippen LogP contribution in [0.3, 0.4) is 0 Å². The Morgan fingerprint density at radius 2 is 1.93 bits per heavy atom. The number of hydrogen-bond donors (Lipinski definition) is 1. The Labute approximate surface area is 178 Å². The van der Waals surface area contributed by atoms with Crippen molar-refractivity contribution in [3.8, 4) is 5.75 Å². The number of carbonyl (C=O) groups excluding carboxylic acids is 1. The number of methoxy groups -OCH3 is 1. The van der Waals surface area contributed by atoms with E-state index in [1.807, 2.05) is 20.9 Å². The van der Waals surface area contributed by atoms with E-state index >= 15 is 0 Å². The first kappa shape index (κ1) is 23.0. The van der Waals surface area contributed by atoms with Crippen LogP contribution in [0.1, 0.15) is 33.1 Å². The molecule has 2 atom stereocenters. The molecule has 0 aromatic heterocycles. The topological polar surface area (TPSA) is 79.0 Å². The lowest BCUT2D eigenvalue weighted by Gasteiger charge is -2.36. The third kappa shape index (κ3) is 4.78. The van der Waals surface area contributed by atoms with Gasteiger partial charge in [0.25, 0.3) is 0 Å². The zero-order valence-corrected chi connectivity index (χ0v) is 18.9. The molecule has 1 amide bonds. The Balaban J connectivity index is 1.62. The summed E-state index contributed by atoms with van der Waals surface area (Å²) in [6.07, 6.45) is 2.26. The number of carbonyl (C=O) groups is 1. The monoisotopic (exact) mass is 441 g/mol. The normalized spacial score (nSPS) is 24.3. The van der Waals surface area contributed by atoms with E-state index in [4.69, 9.17) is 4.74 Å². The molecule has 0 radical (unpaired) electrons. The third-order valence-corrected chi connectivity index (χ3v) is 8.10. The highest BCUT2D eigenvalue weighted by atomic mass is 32.2. The van der Waals surface area contributed by atoms with Crippen LogP contribution in [-0.4, -0.2) is 69.4 Å². The van der Waals surface area contributed by atoms with Crippen LogP contribution >= 0.6 is 0 Å². The summed E-state index contributed by atoms with van der Waals surface area (Å²) in [5, 5.41) is 2.99. The molecule has 0 unspecified atom stereocenters. The van der Waals surface area contributed by atoms with Gasteiger partial charge in [-0.2, -0.15) is 4.31 Å². The Morgan fingerprint density at radius 1 is 1.27 bits per heavy atom. The molecule has 0 aliphatic carbocycles. The minimum atomic E-state index is -3.75. The van der Waals surface area contributed by atoms with Gasteiger partial charge in [0.15, 0.2) is 11.6 Å². The van der Waals surface area contributed by atoms with Gasteiger partial charge >= 0.3 is 0 Å². The standard InChI is InChI=1S/C21H32FN3O4S/c1-14(2)23-21(26)16-11-19(24(3)13-16)15-7-9-25(10-8-15)30(27,28)17-5-6-20(29-4)18(22)12-17/h5-6,12,14-16,19H,7-11,13H2,1-4H3,(H,23,26)/t16-,19+/m1/s1. The quantitative estimate of drug-likeness (QED) is 0.731. The van der Waals surface area contributed by atoms with Crippen molar-refractivity contribution in [2.45, 2.75) is 50.1 Å². The molecule has 30 heavy (non-hydrogen) atoms. The number of hydrogen-bond acceptors (Lipinski definition) is 5. The summed E-state index contributed by atoms with van der Waals surface area (Å²) in [6, 6.07) is 4.13. The SMILES string of the molecule is COc1ccc(S(=O)(=O)N2CCC([C@@H]3C[C@@H](C(=O)NC(C)C)CN3C)CC2)cc1F. The van der Waals surface area contributed by atoms with Gasteiger partial charge in [-0.3, -0.25) is 4.79 Å². The molecule has 2 saturated heterocycles. The number of benzene rings is 1. The van der Waals surface area contributed by atoms with Gasteiger partial charge in [0.2, 0.25) is 15.9 Å². The van der Waals surface area contributed by atoms with Crippen LogP contribution in [-0.2, 0) is 14.8 Å². The molecule has 1 aromatic carbocycles. The summed E-state index contributed by atoms with van der Waals surface area (Å²) in [7, 11) is -0.368. The number of rotatable bonds is 6. The maximum atomic E-state index is 14.0. The van der Waals surface area contributed by atoms with Crippen LogP contribution in [0.4, 0.5) is 4.39 Å². The Morgan fingerprint density at radius 3 is 2.50 bits per heavy atom. The summed E-state index contributed by atoms with van der Waals surface area (Å²) in [5.41, 5.74) is 0. The van der Waals surface area contributed by atoms with Crippen molar-refractivity contribution in [1.29, 1.82) is 0 Å². The first-order chi connectivity index (χ1) is 14.1. The van der Waals surface area contributed by atoms with E-state index in [0.717, 1.165) is 31.9 Å². The summed E-state index contributed by atoms with van der Waals surface area (Å²) < 4.78 is 46.2. The van der Waals surface area contributed by atoms with Gasteiger partial charge < -0.3 is 15.0 Å². The van der Waals surface area contributed by atoms with E-state index in [1.54, 1.807) is 0 Å². The molecule has 3 rings (SSSR count). The molecule has 2 aliphatic heterocycles. The minimum Gasteiger partial charge on any atom is -0.494 e. The van der Waals surface area contributed by atoms with E-state index in [-0.39, 0.29) is 34.6 Å². The fraction of sp³-hybridized carbons (Fsp3) is 0.667. The van der Waals surface area contributed by atoms with Gasteiger partial charge in [-0.25, -0.2) is 12.8 Å². The summed E-state index contributed by atoms with van der Waals surface area (Å²) in [4.78, 5) is 14.6. The molecule has 9 heteroatoms. The van der Waals surface area contributed by atoms with Gasteiger partial charge in [0.1, 0.15) is 0 Å². The van der Waals surface area contributed by atoms with Crippen LogP contribution < -0.4 is 10.1 Å². The highest BCUT2D eigenvalue weighted by Gasteiger charge is 2.40. The lowest BCUT2D eigenvalue weighted by Crippen LogP contribution is -2.43. The summed E-state index contributed by atoms with van der Waals surface area (Å²) >= 11 is 0. The van der Waals surface area contributed by atoms with Crippen molar-refractivity contribution in [2.75, 3.05) is 33.8 Å². The first-order valence-electron chi connectivity index (χ1n) is 10.5. The first-order valence-corrected chi connectivity index (χ1v) is 11.9. The lowest BCUT2D eigenvalue weighted by molar-refractivity contribution is -0.125. The molecular formula is C21H32FN3O4S. The van der Waals surface area contributed by atoms with Gasteiger partial charge in [0, 0.05) is 31.7 Å². The van der Waals surface area contributed by atoms with Gasteiger partial charge in [-0.1, -0.05) is 0 Å². The van der Waals surface area contributed by atoms with Crippen molar-refractivity contribution >= 4 is 15.9 Å². The van der Waals surface area contributed by atoms with E-state index in [9.17, 15) is 17.6 Å². The molecule has 0 spiro atoms. The lowest BCUT2D eigenvalue weighted by atomic mass is 9.87. The Kier molecular flexibility index (Phi) is 7.04. The maximum absolute atomic E-state index is 14.0. The van der Waals surface area contributed by atoms with Gasteiger partial charge in [-0.15, -0.1) is 0 Å². The average molecular weight is 442 g/mol. The van der Waals surface area contributed by atoms with Gasteiger partial charge in [-0.05, 0) is 64.3 Å². The van der Waals surface area contributed by atoms with Crippen molar-refractivity contribution in [2.24, 2.45) is 11.8 Å². The molecule has 7 nitrogen and oxygen atoms in total. The predicted octanol–water partition coefficient (Wildman–Crippen LogP) is 2.08. The zero-order valence-electron chi connectivity index (χ0n) is 18.1. The second-order valence-corrected chi connectivity index (χ2v) is 10.6. The van der Waals surface area contributed by atoms with Crippen LogP contribution in [0.5, 0.6) is 5.75 Å². The predicted molar refractivity (Wildman–Crippen MR) is 112 cm³/mol. The fourth-order valence-corrected chi connectivity index (χ4v) is 6.11. The Hall–Kier alpha value is -1.71. The summed E-state index contributed by atoms with van der Waals surface area (Å²) in [5.74, 6) is -0.252.